The molecule has 0 fully saturated rings. The van der Waals surface area contributed by atoms with Crippen molar-refractivity contribution in [3.8, 4) is 10.8 Å². The van der Waals surface area contributed by atoms with Gasteiger partial charge in [0.1, 0.15) is 11.6 Å². The van der Waals surface area contributed by atoms with Crippen LogP contribution in [0.2, 0.25) is 0 Å². The zero-order chi connectivity index (χ0) is 20.1. The van der Waals surface area contributed by atoms with E-state index in [0.29, 0.717) is 40.8 Å². The second kappa shape index (κ2) is 6.70. The second-order valence-electron chi connectivity index (χ2n) is 6.85. The summed E-state index contributed by atoms with van der Waals surface area (Å²) >= 11 is 1.36. The van der Waals surface area contributed by atoms with Crippen LogP contribution in [0.3, 0.4) is 0 Å². The first-order valence-electron chi connectivity index (χ1n) is 9.07. The molecule has 6 nitrogen and oxygen atoms in total. The van der Waals surface area contributed by atoms with E-state index in [-0.39, 0.29) is 23.6 Å². The summed E-state index contributed by atoms with van der Waals surface area (Å²) in [5, 5.41) is 9.25. The number of hydrogen-bond donors (Lipinski definition) is 0. The summed E-state index contributed by atoms with van der Waals surface area (Å²) in [6.07, 6.45) is 0. The van der Waals surface area contributed by atoms with E-state index in [2.05, 4.69) is 15.2 Å². The van der Waals surface area contributed by atoms with Crippen molar-refractivity contribution in [2.75, 3.05) is 6.54 Å². The van der Waals surface area contributed by atoms with Gasteiger partial charge in [0.15, 0.2) is 16.7 Å². The number of amides is 1. The van der Waals surface area contributed by atoms with Crippen molar-refractivity contribution in [2.45, 2.75) is 19.5 Å². The molecule has 0 spiro atoms. The fourth-order valence-electron chi connectivity index (χ4n) is 3.57. The van der Waals surface area contributed by atoms with Crippen molar-refractivity contribution >= 4 is 27.5 Å². The van der Waals surface area contributed by atoms with E-state index >= 15 is 0 Å². The molecule has 29 heavy (non-hydrogen) atoms. The minimum atomic E-state index is -0.381. The first kappa shape index (κ1) is 17.9. The highest BCUT2D eigenvalue weighted by Gasteiger charge is 2.32. The summed E-state index contributed by atoms with van der Waals surface area (Å²) in [5.74, 6) is 0.408. The third-order valence-corrected chi connectivity index (χ3v) is 6.09. The lowest BCUT2D eigenvalue weighted by atomic mass is 10.1. The zero-order valence-corrected chi connectivity index (χ0v) is 16.2. The Morgan fingerprint density at radius 3 is 2.62 bits per heavy atom. The maximum atomic E-state index is 13.5. The molecule has 0 N–H and O–H groups in total. The highest BCUT2D eigenvalue weighted by molar-refractivity contribution is 7.21. The van der Waals surface area contributed by atoms with Crippen LogP contribution in [0, 0.1) is 11.6 Å². The molecule has 9 heteroatoms. The zero-order valence-electron chi connectivity index (χ0n) is 15.3. The molecule has 1 aliphatic heterocycles. The van der Waals surface area contributed by atoms with Gasteiger partial charge in [-0.3, -0.25) is 4.79 Å². The minimum Gasteiger partial charge on any atom is -0.327 e. The Hall–Kier alpha value is -3.20. The summed E-state index contributed by atoms with van der Waals surface area (Å²) in [4.78, 5) is 19.1. The lowest BCUT2D eigenvalue weighted by molar-refractivity contribution is 0.0638. The van der Waals surface area contributed by atoms with E-state index in [1.165, 1.54) is 47.7 Å². The van der Waals surface area contributed by atoms with Crippen molar-refractivity contribution in [3.05, 3.63) is 65.5 Å². The lowest BCUT2D eigenvalue weighted by Crippen LogP contribution is -2.41. The van der Waals surface area contributed by atoms with Gasteiger partial charge < -0.3 is 9.47 Å². The number of rotatable bonds is 2. The van der Waals surface area contributed by atoms with Crippen LogP contribution < -0.4 is 0 Å². The average molecular weight is 411 g/mol. The van der Waals surface area contributed by atoms with E-state index in [4.69, 9.17) is 0 Å². The second-order valence-corrected chi connectivity index (χ2v) is 7.88. The summed E-state index contributed by atoms with van der Waals surface area (Å²) < 4.78 is 29.3. The number of fused-ring (bicyclic) bond motifs is 2. The van der Waals surface area contributed by atoms with Crippen LogP contribution in [0.5, 0.6) is 0 Å². The van der Waals surface area contributed by atoms with Crippen LogP contribution in [0.25, 0.3) is 21.0 Å². The van der Waals surface area contributed by atoms with Crippen molar-refractivity contribution in [3.63, 3.8) is 0 Å². The first-order valence-corrected chi connectivity index (χ1v) is 9.89. The Bertz CT molecular complexity index is 1230. The van der Waals surface area contributed by atoms with Crippen LogP contribution in [0.15, 0.2) is 42.5 Å². The Kier molecular flexibility index (Phi) is 4.13. The molecule has 0 saturated carbocycles. The summed E-state index contributed by atoms with van der Waals surface area (Å²) in [5.41, 5.74) is 1.14. The number of aromatic nitrogens is 4. The van der Waals surface area contributed by atoms with Crippen molar-refractivity contribution in [1.82, 2.24) is 24.6 Å². The van der Waals surface area contributed by atoms with Gasteiger partial charge in [-0.05, 0) is 49.4 Å². The molecule has 2 aromatic heterocycles. The Balaban J connectivity index is 1.47. The van der Waals surface area contributed by atoms with E-state index < -0.39 is 0 Å². The third kappa shape index (κ3) is 2.98. The number of benzene rings is 2. The van der Waals surface area contributed by atoms with E-state index in [9.17, 15) is 13.6 Å². The fourth-order valence-corrected chi connectivity index (χ4v) is 4.56. The van der Waals surface area contributed by atoms with Crippen molar-refractivity contribution in [2.24, 2.45) is 0 Å². The van der Waals surface area contributed by atoms with Crippen LogP contribution in [0.1, 0.15) is 29.1 Å². The Labute approximate surface area is 168 Å². The molecule has 1 atom stereocenters. The maximum Gasteiger partial charge on any atom is 0.254 e. The normalized spacial score (nSPS) is 16.2. The van der Waals surface area contributed by atoms with E-state index in [1.807, 2.05) is 11.5 Å². The molecule has 0 aliphatic carbocycles. The van der Waals surface area contributed by atoms with Gasteiger partial charge >= 0.3 is 0 Å². The highest BCUT2D eigenvalue weighted by atomic mass is 32.1. The van der Waals surface area contributed by atoms with Crippen molar-refractivity contribution < 1.29 is 13.6 Å². The molecule has 1 aliphatic rings. The molecule has 146 valence electrons. The number of halogens is 2. The molecule has 0 saturated heterocycles. The summed E-state index contributed by atoms with van der Waals surface area (Å²) in [6.45, 7) is 2.87. The molecule has 1 unspecified atom stereocenters. The van der Waals surface area contributed by atoms with Gasteiger partial charge in [-0.2, -0.15) is 0 Å². The summed E-state index contributed by atoms with van der Waals surface area (Å²) in [7, 11) is 0. The van der Waals surface area contributed by atoms with Gasteiger partial charge in [0.2, 0.25) is 0 Å². The molecule has 1 amide bonds. The number of carbonyl (C=O) groups excluding carboxylic acids is 1. The molecular weight excluding hydrogens is 396 g/mol. The maximum absolute atomic E-state index is 13.5. The standard InChI is InChI=1S/C20H15F2N5OS/c1-11-17-24-25-18(19-23-15-7-6-14(22)10-16(15)29-19)27(17)9-8-26(11)20(28)12-2-4-13(21)5-3-12/h2-7,10-11H,8-9H2,1H3. The predicted molar refractivity (Wildman–Crippen MR) is 104 cm³/mol. The topological polar surface area (TPSA) is 63.9 Å². The smallest absolute Gasteiger partial charge is 0.254 e. The Morgan fingerprint density at radius 2 is 1.83 bits per heavy atom. The van der Waals surface area contributed by atoms with Gasteiger partial charge in [0.25, 0.3) is 5.91 Å². The first-order chi connectivity index (χ1) is 14.0. The number of carbonyl (C=O) groups is 1. The van der Waals surface area contributed by atoms with Crippen LogP contribution >= 0.6 is 11.3 Å². The fraction of sp³-hybridized carbons (Fsp3) is 0.200. The molecule has 5 rings (SSSR count). The average Bonchev–Trinajstić information content (AvgIpc) is 3.32. The van der Waals surface area contributed by atoms with Crippen molar-refractivity contribution in [1.29, 1.82) is 0 Å². The molecule has 0 radical (unpaired) electrons. The van der Waals surface area contributed by atoms with Crippen LogP contribution in [-0.4, -0.2) is 37.1 Å². The molecule has 2 aromatic carbocycles. The lowest BCUT2D eigenvalue weighted by Gasteiger charge is -2.33. The molecule has 4 aromatic rings. The van der Waals surface area contributed by atoms with Gasteiger partial charge in [0, 0.05) is 18.7 Å². The SMILES string of the molecule is CC1c2nnc(-c3nc4ccc(F)cc4s3)n2CCN1C(=O)c1ccc(F)cc1. The molecule has 3 heterocycles. The van der Waals surface area contributed by atoms with E-state index in [1.54, 1.807) is 11.0 Å². The summed E-state index contributed by atoms with van der Waals surface area (Å²) in [6, 6.07) is 9.70. The van der Waals surface area contributed by atoms with E-state index in [0.717, 1.165) is 4.70 Å². The van der Waals surface area contributed by atoms with Crippen LogP contribution in [-0.2, 0) is 6.54 Å². The number of nitrogens with zero attached hydrogens (tertiary/aromatic N) is 5. The largest absolute Gasteiger partial charge is 0.327 e. The molecule has 0 bridgehead atoms. The monoisotopic (exact) mass is 411 g/mol. The minimum absolute atomic E-state index is 0.177. The van der Waals surface area contributed by atoms with Gasteiger partial charge in [-0.1, -0.05) is 0 Å². The highest BCUT2D eigenvalue weighted by Crippen LogP contribution is 2.33. The predicted octanol–water partition coefficient (Wildman–Crippen LogP) is 4.05. The van der Waals surface area contributed by atoms with Gasteiger partial charge in [0.05, 0.1) is 16.3 Å². The van der Waals surface area contributed by atoms with Gasteiger partial charge in [-0.25, -0.2) is 13.8 Å². The third-order valence-electron chi connectivity index (χ3n) is 5.08. The quantitative estimate of drug-likeness (QED) is 0.499. The number of thiazole rings is 1. The molecular formula is C20H15F2N5OS. The van der Waals surface area contributed by atoms with Gasteiger partial charge in [-0.15, -0.1) is 21.5 Å². The number of hydrogen-bond acceptors (Lipinski definition) is 5. The van der Waals surface area contributed by atoms with Crippen LogP contribution in [0.4, 0.5) is 8.78 Å². The Morgan fingerprint density at radius 1 is 1.07 bits per heavy atom.